The molecular weight excluding hydrogens is 432 g/mol. The molecule has 3 heterocycles. The maximum Gasteiger partial charge on any atom is 0.310 e. The smallest absolute Gasteiger partial charge is 0.310 e. The van der Waals surface area contributed by atoms with Gasteiger partial charge in [0.1, 0.15) is 6.26 Å². The normalized spacial score (nSPS) is 22.9. The number of ether oxygens (including phenoxy) is 1. The number of hydrogen-bond donors (Lipinski definition) is 0. The number of carbonyl (C=O) groups is 3. The molecule has 34 heavy (non-hydrogen) atoms. The summed E-state index contributed by atoms with van der Waals surface area (Å²) < 4.78 is 10.3. The molecule has 3 atom stereocenters. The molecule has 7 heteroatoms. The number of hydrogen-bond acceptors (Lipinski definition) is 5. The summed E-state index contributed by atoms with van der Waals surface area (Å²) in [4.78, 5) is 42.7. The van der Waals surface area contributed by atoms with Crippen molar-refractivity contribution >= 4 is 17.8 Å². The van der Waals surface area contributed by atoms with Gasteiger partial charge in [-0.1, -0.05) is 31.2 Å². The fraction of sp³-hybridized carbons (Fsp3) is 0.519. The van der Waals surface area contributed by atoms with E-state index in [9.17, 15) is 14.4 Å². The Morgan fingerprint density at radius 1 is 1.00 bits per heavy atom. The van der Waals surface area contributed by atoms with Crippen LogP contribution in [0.15, 0.2) is 47.3 Å². The minimum atomic E-state index is -0.318. The number of furan rings is 1. The molecule has 2 amide bonds. The molecule has 7 nitrogen and oxygen atoms in total. The zero-order chi connectivity index (χ0) is 24.1. The molecule has 0 aliphatic carbocycles. The fourth-order valence-electron chi connectivity index (χ4n) is 5.17. The van der Waals surface area contributed by atoms with Crippen LogP contribution in [-0.4, -0.2) is 60.4 Å². The van der Waals surface area contributed by atoms with Crippen molar-refractivity contribution in [3.05, 3.63) is 59.5 Å². The van der Waals surface area contributed by atoms with Crippen molar-refractivity contribution in [2.45, 2.75) is 45.4 Å². The van der Waals surface area contributed by atoms with E-state index in [1.54, 1.807) is 22.8 Å². The molecule has 1 aromatic carbocycles. The molecule has 182 valence electrons. The summed E-state index contributed by atoms with van der Waals surface area (Å²) >= 11 is 0. The molecule has 4 rings (SSSR count). The maximum absolute atomic E-state index is 13.6. The Labute approximate surface area is 201 Å². The number of rotatable bonds is 6. The highest BCUT2D eigenvalue weighted by Crippen LogP contribution is 2.33. The number of amides is 2. The average molecular weight is 467 g/mol. The van der Waals surface area contributed by atoms with E-state index in [2.05, 4.69) is 31.2 Å². The standard InChI is InChI=1S/C27H34N2O5/c1-3-19-7-9-20(10-8-19)23-14-24(17-29(16-23)25(30)22-11-13-33-18-22)26(31)28-12-5-6-21(15-28)27(32)34-4-2/h7-11,13,18,21,23-24H,3-6,12,14-17H2,1-2H3. The summed E-state index contributed by atoms with van der Waals surface area (Å²) in [5.41, 5.74) is 2.90. The zero-order valence-corrected chi connectivity index (χ0v) is 20.1. The number of aryl methyl sites for hydroxylation is 1. The van der Waals surface area contributed by atoms with E-state index in [0.717, 1.165) is 24.8 Å². The quantitative estimate of drug-likeness (QED) is 0.604. The second-order valence-electron chi connectivity index (χ2n) is 9.32. The molecule has 3 unspecified atom stereocenters. The third-order valence-corrected chi connectivity index (χ3v) is 7.07. The van der Waals surface area contributed by atoms with Crippen molar-refractivity contribution < 1.29 is 23.5 Å². The molecule has 2 saturated heterocycles. The van der Waals surface area contributed by atoms with Gasteiger partial charge in [-0.15, -0.1) is 0 Å². The molecule has 1 aromatic heterocycles. The van der Waals surface area contributed by atoms with Crippen LogP contribution in [0, 0.1) is 11.8 Å². The van der Waals surface area contributed by atoms with Gasteiger partial charge < -0.3 is 19.0 Å². The van der Waals surface area contributed by atoms with Crippen molar-refractivity contribution in [3.8, 4) is 0 Å². The van der Waals surface area contributed by atoms with Crippen molar-refractivity contribution in [3.63, 3.8) is 0 Å². The van der Waals surface area contributed by atoms with Crippen LogP contribution in [0.5, 0.6) is 0 Å². The summed E-state index contributed by atoms with van der Waals surface area (Å²) in [7, 11) is 0. The predicted molar refractivity (Wildman–Crippen MR) is 127 cm³/mol. The summed E-state index contributed by atoms with van der Waals surface area (Å²) in [6.45, 7) is 6.21. The Balaban J connectivity index is 1.53. The van der Waals surface area contributed by atoms with Crippen LogP contribution in [0.25, 0.3) is 0 Å². The fourth-order valence-corrected chi connectivity index (χ4v) is 5.17. The maximum atomic E-state index is 13.6. The molecular formula is C27H34N2O5. The van der Waals surface area contributed by atoms with E-state index in [0.29, 0.717) is 44.8 Å². The van der Waals surface area contributed by atoms with Crippen molar-refractivity contribution in [1.82, 2.24) is 9.80 Å². The van der Waals surface area contributed by atoms with Gasteiger partial charge in [-0.2, -0.15) is 0 Å². The third kappa shape index (κ3) is 5.34. The van der Waals surface area contributed by atoms with Crippen LogP contribution >= 0.6 is 0 Å². The Morgan fingerprint density at radius 3 is 2.44 bits per heavy atom. The van der Waals surface area contributed by atoms with Gasteiger partial charge in [-0.3, -0.25) is 14.4 Å². The van der Waals surface area contributed by atoms with Crippen molar-refractivity contribution in [1.29, 1.82) is 0 Å². The minimum absolute atomic E-state index is 0.0221. The van der Waals surface area contributed by atoms with Crippen LogP contribution in [0.1, 0.15) is 60.5 Å². The van der Waals surface area contributed by atoms with E-state index >= 15 is 0 Å². The van der Waals surface area contributed by atoms with Crippen LogP contribution in [0.3, 0.4) is 0 Å². The summed E-state index contributed by atoms with van der Waals surface area (Å²) in [6, 6.07) is 10.1. The van der Waals surface area contributed by atoms with Crippen LogP contribution in [0.2, 0.25) is 0 Å². The summed E-state index contributed by atoms with van der Waals surface area (Å²) in [6.07, 6.45) is 6.11. The van der Waals surface area contributed by atoms with E-state index in [4.69, 9.17) is 9.15 Å². The highest BCUT2D eigenvalue weighted by atomic mass is 16.5. The Morgan fingerprint density at radius 2 is 1.76 bits per heavy atom. The highest BCUT2D eigenvalue weighted by molar-refractivity contribution is 5.94. The van der Waals surface area contributed by atoms with Crippen LogP contribution in [-0.2, 0) is 20.7 Å². The van der Waals surface area contributed by atoms with E-state index in [1.807, 2.05) is 0 Å². The number of nitrogens with zero attached hydrogens (tertiary/aromatic N) is 2. The zero-order valence-electron chi connectivity index (χ0n) is 20.1. The number of piperidine rings is 2. The second kappa shape index (κ2) is 10.9. The van der Waals surface area contributed by atoms with Crippen molar-refractivity contribution in [2.75, 3.05) is 32.8 Å². The number of carbonyl (C=O) groups excluding carboxylic acids is 3. The number of esters is 1. The Hall–Kier alpha value is -3.09. The molecule has 2 aliphatic rings. The van der Waals surface area contributed by atoms with Gasteiger partial charge >= 0.3 is 5.97 Å². The van der Waals surface area contributed by atoms with Gasteiger partial charge in [-0.25, -0.2) is 0 Å². The average Bonchev–Trinajstić information content (AvgIpc) is 3.43. The lowest BCUT2D eigenvalue weighted by atomic mass is 9.82. The predicted octanol–water partition coefficient (Wildman–Crippen LogP) is 3.89. The first-order valence-corrected chi connectivity index (χ1v) is 12.4. The molecule has 0 radical (unpaired) electrons. The largest absolute Gasteiger partial charge is 0.472 e. The van der Waals surface area contributed by atoms with Gasteiger partial charge in [-0.05, 0) is 49.8 Å². The monoisotopic (exact) mass is 466 g/mol. The van der Waals surface area contributed by atoms with E-state index < -0.39 is 0 Å². The van der Waals surface area contributed by atoms with E-state index in [-0.39, 0.29) is 35.5 Å². The SMILES string of the molecule is CCOC(=O)C1CCCN(C(=O)C2CC(c3ccc(CC)cc3)CN(C(=O)c3ccoc3)C2)C1. The molecule has 2 aromatic rings. The lowest BCUT2D eigenvalue weighted by Gasteiger charge is -2.40. The van der Waals surface area contributed by atoms with Gasteiger partial charge in [0, 0.05) is 32.1 Å². The molecule has 0 N–H and O–H groups in total. The number of benzene rings is 1. The van der Waals surface area contributed by atoms with Gasteiger partial charge in [0.15, 0.2) is 0 Å². The minimum Gasteiger partial charge on any atom is -0.472 e. The highest BCUT2D eigenvalue weighted by Gasteiger charge is 2.39. The topological polar surface area (TPSA) is 80.1 Å². The molecule has 0 spiro atoms. The van der Waals surface area contributed by atoms with Crippen molar-refractivity contribution in [2.24, 2.45) is 11.8 Å². The Bertz CT molecular complexity index is 985. The summed E-state index contributed by atoms with van der Waals surface area (Å²) in [5, 5.41) is 0. The van der Waals surface area contributed by atoms with E-state index in [1.165, 1.54) is 18.1 Å². The van der Waals surface area contributed by atoms with Crippen LogP contribution < -0.4 is 0 Å². The third-order valence-electron chi connectivity index (χ3n) is 7.07. The lowest BCUT2D eigenvalue weighted by Crippen LogP contribution is -2.51. The van der Waals surface area contributed by atoms with Crippen LogP contribution in [0.4, 0.5) is 0 Å². The number of likely N-dealkylation sites (tertiary alicyclic amines) is 2. The summed E-state index contributed by atoms with van der Waals surface area (Å²) in [5.74, 6) is -0.855. The molecule has 2 fully saturated rings. The molecule has 2 aliphatic heterocycles. The Kier molecular flexibility index (Phi) is 7.70. The first-order chi connectivity index (χ1) is 16.5. The van der Waals surface area contributed by atoms with Gasteiger partial charge in [0.2, 0.25) is 5.91 Å². The molecule has 0 bridgehead atoms. The first-order valence-electron chi connectivity index (χ1n) is 12.4. The van der Waals surface area contributed by atoms with Gasteiger partial charge in [0.05, 0.1) is 30.3 Å². The lowest BCUT2D eigenvalue weighted by molar-refractivity contribution is -0.152. The first kappa shape index (κ1) is 24.0. The van der Waals surface area contributed by atoms with Gasteiger partial charge in [0.25, 0.3) is 5.91 Å². The molecule has 0 saturated carbocycles. The second-order valence-corrected chi connectivity index (χ2v) is 9.32.